The number of nitrogens with zero attached hydrogens (tertiary/aromatic N) is 3. The first-order valence-electron chi connectivity index (χ1n) is 4.88. The third kappa shape index (κ3) is 1.23. The highest BCUT2D eigenvalue weighted by molar-refractivity contribution is 5.43. The third-order valence-corrected chi connectivity index (χ3v) is 2.72. The van der Waals surface area contributed by atoms with Gasteiger partial charge >= 0.3 is 0 Å². The van der Waals surface area contributed by atoms with Gasteiger partial charge in [-0.05, 0) is 12.3 Å². The first kappa shape index (κ1) is 7.79. The number of hydrogen-bond acceptors (Lipinski definition) is 3. The summed E-state index contributed by atoms with van der Waals surface area (Å²) in [5.41, 5.74) is 0.888. The maximum absolute atomic E-state index is 4.30. The van der Waals surface area contributed by atoms with Crippen molar-refractivity contribution in [2.45, 2.75) is 19.4 Å². The van der Waals surface area contributed by atoms with E-state index in [0.29, 0.717) is 6.04 Å². The summed E-state index contributed by atoms with van der Waals surface area (Å²) in [5.74, 6) is 1.72. The van der Waals surface area contributed by atoms with Crippen LogP contribution in [0.25, 0.3) is 5.65 Å². The van der Waals surface area contributed by atoms with Crippen molar-refractivity contribution in [3.8, 4) is 0 Å². The molecular weight excluding hydrogens is 176 g/mol. The van der Waals surface area contributed by atoms with Crippen LogP contribution >= 0.6 is 0 Å². The summed E-state index contributed by atoms with van der Waals surface area (Å²) >= 11 is 0. The number of rotatable bonds is 2. The highest BCUT2D eigenvalue weighted by Gasteiger charge is 2.32. The summed E-state index contributed by atoms with van der Waals surface area (Å²) in [6.45, 7) is 2.24. The van der Waals surface area contributed by atoms with Crippen LogP contribution < -0.4 is 5.32 Å². The van der Waals surface area contributed by atoms with Gasteiger partial charge in [0.1, 0.15) is 5.82 Å². The molecular formula is C10H12N4. The van der Waals surface area contributed by atoms with Gasteiger partial charge in [-0.1, -0.05) is 6.92 Å². The lowest BCUT2D eigenvalue weighted by Gasteiger charge is -2.03. The fourth-order valence-electron chi connectivity index (χ4n) is 1.61. The second kappa shape index (κ2) is 2.70. The van der Waals surface area contributed by atoms with Crippen LogP contribution in [0.4, 0.5) is 5.82 Å². The SMILES string of the molecule is CC1CC1Nc1cn2ccnc2cn1. The van der Waals surface area contributed by atoms with Crippen molar-refractivity contribution >= 4 is 11.5 Å². The zero-order valence-corrected chi connectivity index (χ0v) is 8.01. The van der Waals surface area contributed by atoms with E-state index in [-0.39, 0.29) is 0 Å². The predicted octanol–water partition coefficient (Wildman–Crippen LogP) is 1.55. The molecule has 0 radical (unpaired) electrons. The maximum atomic E-state index is 4.30. The molecule has 1 aliphatic carbocycles. The Morgan fingerprint density at radius 2 is 2.36 bits per heavy atom. The summed E-state index contributed by atoms with van der Waals surface area (Å²) in [6, 6.07) is 0.614. The molecule has 0 amide bonds. The van der Waals surface area contributed by atoms with E-state index in [2.05, 4.69) is 22.2 Å². The molecule has 0 aromatic carbocycles. The highest BCUT2D eigenvalue weighted by Crippen LogP contribution is 2.31. The Morgan fingerprint density at radius 3 is 3.14 bits per heavy atom. The van der Waals surface area contributed by atoms with Gasteiger partial charge in [-0.25, -0.2) is 9.97 Å². The van der Waals surface area contributed by atoms with E-state index in [4.69, 9.17) is 0 Å². The molecule has 2 aromatic heterocycles. The minimum Gasteiger partial charge on any atom is -0.366 e. The fourth-order valence-corrected chi connectivity index (χ4v) is 1.61. The quantitative estimate of drug-likeness (QED) is 0.777. The summed E-state index contributed by atoms with van der Waals surface area (Å²) in [5, 5.41) is 3.39. The zero-order valence-electron chi connectivity index (χ0n) is 8.01. The predicted molar refractivity (Wildman–Crippen MR) is 54.2 cm³/mol. The van der Waals surface area contributed by atoms with Gasteiger partial charge in [-0.15, -0.1) is 0 Å². The molecule has 2 atom stereocenters. The van der Waals surface area contributed by atoms with Gasteiger partial charge in [0.05, 0.1) is 12.4 Å². The number of aromatic nitrogens is 3. The first-order valence-corrected chi connectivity index (χ1v) is 4.88. The number of anilines is 1. The summed E-state index contributed by atoms with van der Waals surface area (Å²) in [7, 11) is 0. The van der Waals surface area contributed by atoms with Gasteiger partial charge in [-0.2, -0.15) is 0 Å². The van der Waals surface area contributed by atoms with Crippen LogP contribution in [0.3, 0.4) is 0 Å². The molecule has 0 saturated heterocycles. The number of imidazole rings is 1. The van der Waals surface area contributed by atoms with Gasteiger partial charge in [0.15, 0.2) is 5.65 Å². The van der Waals surface area contributed by atoms with E-state index in [0.717, 1.165) is 17.4 Å². The molecule has 1 fully saturated rings. The van der Waals surface area contributed by atoms with Gasteiger partial charge in [0.2, 0.25) is 0 Å². The van der Waals surface area contributed by atoms with Crippen molar-refractivity contribution in [3.63, 3.8) is 0 Å². The van der Waals surface area contributed by atoms with Crippen LogP contribution in [-0.2, 0) is 0 Å². The molecule has 14 heavy (non-hydrogen) atoms. The van der Waals surface area contributed by atoms with E-state index >= 15 is 0 Å². The number of nitrogens with one attached hydrogen (secondary N) is 1. The normalized spacial score (nSPS) is 25.2. The molecule has 0 aliphatic heterocycles. The average molecular weight is 188 g/mol. The van der Waals surface area contributed by atoms with E-state index in [9.17, 15) is 0 Å². The molecule has 0 spiro atoms. The lowest BCUT2D eigenvalue weighted by atomic mass is 10.5. The van der Waals surface area contributed by atoms with Crippen LogP contribution in [-0.4, -0.2) is 20.4 Å². The van der Waals surface area contributed by atoms with Crippen LogP contribution in [0.5, 0.6) is 0 Å². The van der Waals surface area contributed by atoms with Crippen LogP contribution in [0, 0.1) is 5.92 Å². The van der Waals surface area contributed by atoms with Gasteiger partial charge in [0, 0.05) is 18.4 Å². The average Bonchev–Trinajstić information content (AvgIpc) is 2.70. The van der Waals surface area contributed by atoms with E-state index in [1.54, 1.807) is 12.4 Å². The summed E-state index contributed by atoms with van der Waals surface area (Å²) in [6.07, 6.45) is 8.73. The standard InChI is InChI=1S/C10H12N4/c1-7-4-8(7)13-9-6-14-3-2-11-10(14)5-12-9/h2-3,5-8,13H,4H2,1H3. The van der Waals surface area contributed by atoms with E-state index in [1.165, 1.54) is 6.42 Å². The topological polar surface area (TPSA) is 42.2 Å². The van der Waals surface area contributed by atoms with Crippen molar-refractivity contribution in [2.24, 2.45) is 5.92 Å². The summed E-state index contributed by atoms with van der Waals surface area (Å²) in [4.78, 5) is 8.44. The highest BCUT2D eigenvalue weighted by atomic mass is 15.1. The van der Waals surface area contributed by atoms with Gasteiger partial charge in [-0.3, -0.25) is 0 Å². The Hall–Kier alpha value is -1.58. The molecule has 2 unspecified atom stereocenters. The lowest BCUT2D eigenvalue weighted by molar-refractivity contribution is 0.920. The Labute approximate surface area is 82.0 Å². The van der Waals surface area contributed by atoms with Crippen molar-refractivity contribution in [3.05, 3.63) is 24.8 Å². The number of hydrogen-bond donors (Lipinski definition) is 1. The molecule has 1 N–H and O–H groups in total. The fraction of sp³-hybridized carbons (Fsp3) is 0.400. The second-order valence-corrected chi connectivity index (χ2v) is 3.93. The van der Waals surface area contributed by atoms with E-state index in [1.807, 2.05) is 16.8 Å². The van der Waals surface area contributed by atoms with Crippen LogP contribution in [0.2, 0.25) is 0 Å². The van der Waals surface area contributed by atoms with Crippen LogP contribution in [0.15, 0.2) is 24.8 Å². The minimum atomic E-state index is 0.614. The Morgan fingerprint density at radius 1 is 1.50 bits per heavy atom. The molecule has 1 saturated carbocycles. The first-order chi connectivity index (χ1) is 6.83. The van der Waals surface area contributed by atoms with Crippen molar-refractivity contribution in [1.82, 2.24) is 14.4 Å². The molecule has 0 bridgehead atoms. The second-order valence-electron chi connectivity index (χ2n) is 3.93. The van der Waals surface area contributed by atoms with Gasteiger partial charge in [0.25, 0.3) is 0 Å². The van der Waals surface area contributed by atoms with Crippen molar-refractivity contribution in [1.29, 1.82) is 0 Å². The summed E-state index contributed by atoms with van der Waals surface area (Å²) < 4.78 is 1.97. The van der Waals surface area contributed by atoms with Crippen molar-refractivity contribution < 1.29 is 0 Å². The molecule has 1 aliphatic rings. The minimum absolute atomic E-state index is 0.614. The van der Waals surface area contributed by atoms with Crippen LogP contribution in [0.1, 0.15) is 13.3 Å². The number of fused-ring (bicyclic) bond motifs is 1. The molecule has 72 valence electrons. The Kier molecular flexibility index (Phi) is 1.50. The Bertz CT molecular complexity index is 462. The monoisotopic (exact) mass is 188 g/mol. The maximum Gasteiger partial charge on any atom is 0.155 e. The molecule has 4 nitrogen and oxygen atoms in total. The molecule has 3 rings (SSSR count). The molecule has 2 aromatic rings. The largest absolute Gasteiger partial charge is 0.366 e. The van der Waals surface area contributed by atoms with E-state index < -0.39 is 0 Å². The lowest BCUT2D eigenvalue weighted by Crippen LogP contribution is -2.05. The molecule has 2 heterocycles. The smallest absolute Gasteiger partial charge is 0.155 e. The zero-order chi connectivity index (χ0) is 9.54. The Balaban J connectivity index is 1.89. The van der Waals surface area contributed by atoms with Crippen molar-refractivity contribution in [2.75, 3.05) is 5.32 Å². The van der Waals surface area contributed by atoms with Gasteiger partial charge < -0.3 is 9.72 Å². The third-order valence-electron chi connectivity index (χ3n) is 2.72. The molecule has 4 heteroatoms.